The highest BCUT2D eigenvalue weighted by Gasteiger charge is 2.25. The molecule has 0 aliphatic carbocycles. The molecule has 0 fully saturated rings. The molecule has 1 aromatic carbocycles. The van der Waals surface area contributed by atoms with Gasteiger partial charge in [-0.25, -0.2) is 9.98 Å². The molecule has 2 heterocycles. The maximum Gasteiger partial charge on any atom is 0.170 e. The molecule has 0 amide bonds. The van der Waals surface area contributed by atoms with Gasteiger partial charge >= 0.3 is 0 Å². The van der Waals surface area contributed by atoms with Crippen LogP contribution in [0.3, 0.4) is 0 Å². The van der Waals surface area contributed by atoms with Gasteiger partial charge in [0.15, 0.2) is 5.17 Å². The van der Waals surface area contributed by atoms with Crippen LogP contribution in [-0.2, 0) is 4.79 Å². The molecule has 0 bridgehead atoms. The fraction of sp³-hybridized carbons (Fsp3) is 0.133. The van der Waals surface area contributed by atoms with Crippen molar-refractivity contribution >= 4 is 44.8 Å². The zero-order valence-electron chi connectivity index (χ0n) is 11.2. The van der Waals surface area contributed by atoms with E-state index in [-0.39, 0.29) is 0 Å². The number of hydrogen-bond acceptors (Lipinski definition) is 5. The molecule has 1 unspecified atom stereocenters. The Labute approximate surface area is 135 Å². The van der Waals surface area contributed by atoms with Crippen molar-refractivity contribution in [1.82, 2.24) is 4.98 Å². The van der Waals surface area contributed by atoms with Gasteiger partial charge in [-0.15, -0.1) is 0 Å². The molecule has 0 spiro atoms. The summed E-state index contributed by atoms with van der Waals surface area (Å²) >= 11 is 4.90. The van der Waals surface area contributed by atoms with Crippen LogP contribution in [0.2, 0.25) is 0 Å². The molecule has 106 valence electrons. The van der Waals surface area contributed by atoms with Crippen molar-refractivity contribution in [3.05, 3.63) is 52.6 Å². The number of aldehydes is 1. The molecule has 1 aliphatic heterocycles. The van der Waals surface area contributed by atoms with Crippen molar-refractivity contribution < 1.29 is 4.79 Å². The van der Waals surface area contributed by atoms with Gasteiger partial charge in [-0.3, -0.25) is 0 Å². The topological polar surface area (TPSA) is 45.6 Å². The Morgan fingerprint density at radius 3 is 2.76 bits per heavy atom. The Balaban J connectivity index is 1.94. The summed E-state index contributed by atoms with van der Waals surface area (Å²) in [5.74, 6) is 0. The van der Waals surface area contributed by atoms with Crippen molar-refractivity contribution in [3.63, 3.8) is 0 Å². The summed E-state index contributed by atoms with van der Waals surface area (Å²) in [6.45, 7) is 0. The Bertz CT molecular complexity index is 702. The number of anilines is 1. The van der Waals surface area contributed by atoms with Gasteiger partial charge in [0.25, 0.3) is 0 Å². The molecule has 21 heavy (non-hydrogen) atoms. The maximum absolute atomic E-state index is 11.3. The van der Waals surface area contributed by atoms with E-state index in [1.165, 1.54) is 11.8 Å². The van der Waals surface area contributed by atoms with Gasteiger partial charge in [0.2, 0.25) is 0 Å². The SMILES string of the molecule is CN(C1=NC(C=O)c2cccnc2S1)c1ccc(Br)cc1. The summed E-state index contributed by atoms with van der Waals surface area (Å²) in [5, 5.41) is 1.60. The van der Waals surface area contributed by atoms with Crippen molar-refractivity contribution in [2.75, 3.05) is 11.9 Å². The van der Waals surface area contributed by atoms with E-state index in [2.05, 4.69) is 25.9 Å². The summed E-state index contributed by atoms with van der Waals surface area (Å²) in [5.41, 5.74) is 1.87. The predicted octanol–water partition coefficient (Wildman–Crippen LogP) is 3.68. The van der Waals surface area contributed by atoms with E-state index in [1.807, 2.05) is 48.3 Å². The Kier molecular flexibility index (Phi) is 4.07. The third kappa shape index (κ3) is 2.87. The van der Waals surface area contributed by atoms with Gasteiger partial charge in [-0.05, 0) is 42.1 Å². The van der Waals surface area contributed by atoms with E-state index >= 15 is 0 Å². The number of aromatic nitrogens is 1. The smallest absolute Gasteiger partial charge is 0.170 e. The molecular formula is C15H12BrN3OS. The standard InChI is InChI=1S/C15H12BrN3OS/c1-19(11-6-4-10(16)5-7-11)15-18-13(9-20)12-3-2-8-17-14(12)21-15/h2-9,13H,1H3. The molecule has 4 nitrogen and oxygen atoms in total. The third-order valence-electron chi connectivity index (χ3n) is 3.19. The number of aliphatic imine (C=N–C) groups is 1. The number of benzene rings is 1. The molecule has 1 aromatic heterocycles. The fourth-order valence-electron chi connectivity index (χ4n) is 2.05. The molecule has 0 radical (unpaired) electrons. The second kappa shape index (κ2) is 5.99. The van der Waals surface area contributed by atoms with Crippen LogP contribution in [0, 0.1) is 0 Å². The minimum absolute atomic E-state index is 0.483. The highest BCUT2D eigenvalue weighted by atomic mass is 79.9. The number of fused-ring (bicyclic) bond motifs is 1. The number of pyridine rings is 1. The first-order valence-electron chi connectivity index (χ1n) is 6.34. The Morgan fingerprint density at radius 2 is 2.05 bits per heavy atom. The first-order chi connectivity index (χ1) is 10.2. The number of thioether (sulfide) groups is 1. The van der Waals surface area contributed by atoms with Crippen LogP contribution in [0.1, 0.15) is 11.6 Å². The van der Waals surface area contributed by atoms with Crippen molar-refractivity contribution in [3.8, 4) is 0 Å². The van der Waals surface area contributed by atoms with Crippen LogP contribution < -0.4 is 4.90 Å². The summed E-state index contributed by atoms with van der Waals surface area (Å²) < 4.78 is 1.02. The first kappa shape index (κ1) is 14.3. The van der Waals surface area contributed by atoms with Crippen molar-refractivity contribution in [2.24, 2.45) is 4.99 Å². The number of hydrogen-bond donors (Lipinski definition) is 0. The molecule has 6 heteroatoms. The molecule has 0 N–H and O–H groups in total. The van der Waals surface area contributed by atoms with E-state index in [0.717, 1.165) is 32.2 Å². The van der Waals surface area contributed by atoms with Gasteiger partial charge < -0.3 is 9.69 Å². The molecule has 0 saturated heterocycles. The largest absolute Gasteiger partial charge is 0.324 e. The summed E-state index contributed by atoms with van der Waals surface area (Å²) in [6, 6.07) is 11.2. The molecule has 2 aromatic rings. The lowest BCUT2D eigenvalue weighted by Crippen LogP contribution is -2.27. The fourth-order valence-corrected chi connectivity index (χ4v) is 3.31. The quantitative estimate of drug-likeness (QED) is 0.765. The average Bonchev–Trinajstić information content (AvgIpc) is 2.53. The van der Waals surface area contributed by atoms with Gasteiger partial charge in [0.1, 0.15) is 17.4 Å². The van der Waals surface area contributed by atoms with Crippen molar-refractivity contribution in [1.29, 1.82) is 0 Å². The van der Waals surface area contributed by atoms with Gasteiger partial charge in [0.05, 0.1) is 0 Å². The highest BCUT2D eigenvalue weighted by molar-refractivity contribution is 9.10. The van der Waals surface area contributed by atoms with Crippen LogP contribution in [0.5, 0.6) is 0 Å². The Hall–Kier alpha value is -1.66. The molecule has 1 aliphatic rings. The van der Waals surface area contributed by atoms with Crippen molar-refractivity contribution in [2.45, 2.75) is 11.1 Å². The molecule has 0 saturated carbocycles. The first-order valence-corrected chi connectivity index (χ1v) is 7.95. The normalized spacial score (nSPS) is 16.9. The second-order valence-electron chi connectivity index (χ2n) is 4.53. The predicted molar refractivity (Wildman–Crippen MR) is 88.9 cm³/mol. The van der Waals surface area contributed by atoms with Crippen LogP contribution >= 0.6 is 27.7 Å². The van der Waals surface area contributed by atoms with E-state index in [1.54, 1.807) is 6.20 Å². The van der Waals surface area contributed by atoms with Crippen LogP contribution in [0.25, 0.3) is 0 Å². The van der Waals surface area contributed by atoms with Gasteiger partial charge in [0, 0.05) is 29.0 Å². The monoisotopic (exact) mass is 361 g/mol. The maximum atomic E-state index is 11.3. The second-order valence-corrected chi connectivity index (χ2v) is 6.40. The molecule has 1 atom stereocenters. The summed E-state index contributed by atoms with van der Waals surface area (Å²) in [7, 11) is 1.94. The number of nitrogens with zero attached hydrogens (tertiary/aromatic N) is 3. The number of amidine groups is 1. The van der Waals surface area contributed by atoms with Crippen LogP contribution in [-0.4, -0.2) is 23.5 Å². The van der Waals surface area contributed by atoms with Gasteiger partial charge in [-0.1, -0.05) is 22.0 Å². The number of carbonyl (C=O) groups excluding carboxylic acids is 1. The van der Waals surface area contributed by atoms with E-state index in [9.17, 15) is 4.79 Å². The third-order valence-corrected chi connectivity index (χ3v) is 4.81. The lowest BCUT2D eigenvalue weighted by Gasteiger charge is -2.26. The van der Waals surface area contributed by atoms with Gasteiger partial charge in [-0.2, -0.15) is 0 Å². The number of carbonyl (C=O) groups is 1. The lowest BCUT2D eigenvalue weighted by molar-refractivity contribution is -0.109. The van der Waals surface area contributed by atoms with Crippen LogP contribution in [0.4, 0.5) is 5.69 Å². The van der Waals surface area contributed by atoms with Crippen LogP contribution in [0.15, 0.2) is 57.1 Å². The zero-order valence-corrected chi connectivity index (χ0v) is 13.6. The minimum atomic E-state index is -0.483. The number of rotatable bonds is 2. The number of halogens is 1. The average molecular weight is 362 g/mol. The molecular weight excluding hydrogens is 350 g/mol. The Morgan fingerprint density at radius 1 is 1.29 bits per heavy atom. The van der Waals surface area contributed by atoms with E-state index in [4.69, 9.17) is 0 Å². The highest BCUT2D eigenvalue weighted by Crippen LogP contribution is 2.35. The summed E-state index contributed by atoms with van der Waals surface area (Å²) in [4.78, 5) is 22.1. The lowest BCUT2D eigenvalue weighted by atomic mass is 10.1. The summed E-state index contributed by atoms with van der Waals surface area (Å²) in [6.07, 6.45) is 2.59. The zero-order chi connectivity index (χ0) is 14.8. The van der Waals surface area contributed by atoms with E-state index < -0.39 is 6.04 Å². The van der Waals surface area contributed by atoms with E-state index in [0.29, 0.717) is 0 Å². The minimum Gasteiger partial charge on any atom is -0.324 e. The molecule has 3 rings (SSSR count).